The summed E-state index contributed by atoms with van der Waals surface area (Å²) in [6, 6.07) is 21.7. The van der Waals surface area contributed by atoms with Gasteiger partial charge in [-0.05, 0) is 17.5 Å². The molecule has 4 N–H and O–H groups in total. The van der Waals surface area contributed by atoms with Crippen LogP contribution in [0.25, 0.3) is 0 Å². The van der Waals surface area contributed by atoms with E-state index in [1.54, 1.807) is 0 Å². The molecule has 2 aromatic carbocycles. The highest BCUT2D eigenvalue weighted by molar-refractivity contribution is 5.34. The van der Waals surface area contributed by atoms with Crippen LogP contribution in [0.3, 0.4) is 0 Å². The quantitative estimate of drug-likeness (QED) is 0.417. The van der Waals surface area contributed by atoms with Crippen molar-refractivity contribution in [2.24, 2.45) is 5.73 Å². The fourth-order valence-corrected chi connectivity index (χ4v) is 3.86. The Morgan fingerprint density at radius 2 is 1.04 bits per heavy atom. The molecule has 0 saturated heterocycles. The lowest BCUT2D eigenvalue weighted by atomic mass is 9.83. The lowest BCUT2D eigenvalue weighted by Gasteiger charge is -2.25. The molecule has 0 aromatic heterocycles. The fraction of sp³-hybridized carbons (Fsp3) is 0.520. The van der Waals surface area contributed by atoms with Crippen molar-refractivity contribution >= 4 is 0 Å². The van der Waals surface area contributed by atoms with E-state index in [4.69, 9.17) is 5.73 Å². The van der Waals surface area contributed by atoms with Crippen molar-refractivity contribution in [2.75, 3.05) is 0 Å². The first-order valence-electron chi connectivity index (χ1n) is 10.7. The summed E-state index contributed by atoms with van der Waals surface area (Å²) in [5.74, 6) is 0.298. The van der Waals surface area contributed by atoms with Crippen molar-refractivity contribution in [1.29, 1.82) is 0 Å². The van der Waals surface area contributed by atoms with E-state index in [0.29, 0.717) is 5.92 Å². The second-order valence-electron chi connectivity index (χ2n) is 7.58. The van der Waals surface area contributed by atoms with Crippen molar-refractivity contribution in [2.45, 2.75) is 83.1 Å². The minimum atomic E-state index is 0. The van der Waals surface area contributed by atoms with Crippen LogP contribution < -0.4 is 5.73 Å². The van der Waals surface area contributed by atoms with Gasteiger partial charge in [-0.1, -0.05) is 125 Å². The van der Waals surface area contributed by atoms with Crippen molar-refractivity contribution < 1.29 is 5.48 Å². The Morgan fingerprint density at radius 1 is 0.630 bits per heavy atom. The van der Waals surface area contributed by atoms with Gasteiger partial charge in [0.25, 0.3) is 0 Å². The van der Waals surface area contributed by atoms with Crippen LogP contribution in [-0.4, -0.2) is 11.5 Å². The monoisotopic (exact) mass is 369 g/mol. The van der Waals surface area contributed by atoms with Crippen molar-refractivity contribution in [3.05, 3.63) is 71.8 Å². The van der Waals surface area contributed by atoms with Crippen LogP contribution in [0.5, 0.6) is 0 Å². The van der Waals surface area contributed by atoms with Gasteiger partial charge in [-0.25, -0.2) is 0 Å². The number of hydrogen-bond acceptors (Lipinski definition) is 1. The molecule has 150 valence electrons. The van der Waals surface area contributed by atoms with Gasteiger partial charge in [0.1, 0.15) is 0 Å². The van der Waals surface area contributed by atoms with E-state index >= 15 is 0 Å². The predicted octanol–water partition coefficient (Wildman–Crippen LogP) is 6.24. The predicted molar refractivity (Wildman–Crippen MR) is 118 cm³/mol. The summed E-state index contributed by atoms with van der Waals surface area (Å²) in [5, 5.41) is 0. The molecule has 0 aliphatic carbocycles. The van der Waals surface area contributed by atoms with E-state index in [0.717, 1.165) is 6.42 Å². The molecule has 0 radical (unpaired) electrons. The highest BCUT2D eigenvalue weighted by Gasteiger charge is 2.21. The SMILES string of the molecule is CCCCCCCCCCCC(N)C(c1ccccc1)c1ccccc1.O. The summed E-state index contributed by atoms with van der Waals surface area (Å²) >= 11 is 0. The molecule has 1 unspecified atom stereocenters. The molecule has 0 amide bonds. The Bertz CT molecular complexity index is 530. The molecule has 2 rings (SSSR count). The molecule has 0 spiro atoms. The van der Waals surface area contributed by atoms with Crippen LogP contribution in [0.15, 0.2) is 60.7 Å². The summed E-state index contributed by atoms with van der Waals surface area (Å²) < 4.78 is 0. The Morgan fingerprint density at radius 3 is 1.48 bits per heavy atom. The first kappa shape index (κ1) is 23.4. The Hall–Kier alpha value is -1.64. The average molecular weight is 370 g/mol. The fourth-order valence-electron chi connectivity index (χ4n) is 3.86. The van der Waals surface area contributed by atoms with Gasteiger partial charge >= 0.3 is 0 Å². The van der Waals surface area contributed by atoms with Crippen LogP contribution in [-0.2, 0) is 0 Å². The smallest absolute Gasteiger partial charge is 0.0241 e. The van der Waals surface area contributed by atoms with E-state index in [-0.39, 0.29) is 11.5 Å². The number of benzene rings is 2. The third kappa shape index (κ3) is 8.73. The van der Waals surface area contributed by atoms with Gasteiger partial charge in [0, 0.05) is 12.0 Å². The molecule has 2 nitrogen and oxygen atoms in total. The summed E-state index contributed by atoms with van der Waals surface area (Å²) in [6.45, 7) is 2.28. The zero-order valence-corrected chi connectivity index (χ0v) is 17.1. The number of rotatable bonds is 13. The van der Waals surface area contributed by atoms with E-state index < -0.39 is 0 Å². The minimum Gasteiger partial charge on any atom is -0.412 e. The van der Waals surface area contributed by atoms with Crippen molar-refractivity contribution in [3.63, 3.8) is 0 Å². The Balaban J connectivity index is 0.00000364. The van der Waals surface area contributed by atoms with Gasteiger partial charge in [-0.15, -0.1) is 0 Å². The van der Waals surface area contributed by atoms with E-state index in [9.17, 15) is 0 Å². The molecule has 0 heterocycles. The second kappa shape index (κ2) is 14.4. The highest BCUT2D eigenvalue weighted by Crippen LogP contribution is 2.29. The average Bonchev–Trinajstić information content (AvgIpc) is 2.68. The normalized spacial score (nSPS) is 12.0. The Kier molecular flexibility index (Phi) is 12.5. The standard InChI is InChI=1S/C25H37N.H2O/c1-2-3-4-5-6-7-8-9-16-21-24(26)25(22-17-12-10-13-18-22)23-19-14-11-15-20-23;/h10-15,17-20,24-25H,2-9,16,21,26H2,1H3;1H2. The number of nitrogens with two attached hydrogens (primary N) is 1. The van der Waals surface area contributed by atoms with Crippen LogP contribution in [0.2, 0.25) is 0 Å². The summed E-state index contributed by atoms with van der Waals surface area (Å²) in [4.78, 5) is 0. The van der Waals surface area contributed by atoms with Crippen LogP contribution >= 0.6 is 0 Å². The highest BCUT2D eigenvalue weighted by atomic mass is 16.0. The summed E-state index contributed by atoms with van der Waals surface area (Å²) in [6.07, 6.45) is 13.4. The van der Waals surface area contributed by atoms with Gasteiger partial charge in [-0.2, -0.15) is 0 Å². The Labute approximate surface area is 166 Å². The van der Waals surface area contributed by atoms with E-state index in [1.165, 1.54) is 68.9 Å². The molecular formula is C25H39NO. The first-order chi connectivity index (χ1) is 12.8. The topological polar surface area (TPSA) is 57.5 Å². The summed E-state index contributed by atoms with van der Waals surface area (Å²) in [7, 11) is 0. The van der Waals surface area contributed by atoms with Gasteiger partial charge in [0.05, 0.1) is 0 Å². The van der Waals surface area contributed by atoms with E-state index in [1.807, 2.05) is 0 Å². The van der Waals surface area contributed by atoms with Crippen molar-refractivity contribution in [1.82, 2.24) is 0 Å². The van der Waals surface area contributed by atoms with E-state index in [2.05, 4.69) is 67.6 Å². The van der Waals surface area contributed by atoms with Gasteiger partial charge in [0.15, 0.2) is 0 Å². The molecule has 0 aliphatic heterocycles. The van der Waals surface area contributed by atoms with Crippen LogP contribution in [0, 0.1) is 0 Å². The second-order valence-corrected chi connectivity index (χ2v) is 7.58. The van der Waals surface area contributed by atoms with Gasteiger partial charge in [-0.3, -0.25) is 0 Å². The third-order valence-corrected chi connectivity index (χ3v) is 5.39. The molecular weight excluding hydrogens is 330 g/mol. The molecule has 0 aliphatic rings. The van der Waals surface area contributed by atoms with Crippen LogP contribution in [0.4, 0.5) is 0 Å². The summed E-state index contributed by atoms with van der Waals surface area (Å²) in [5.41, 5.74) is 9.35. The molecule has 27 heavy (non-hydrogen) atoms. The molecule has 1 atom stereocenters. The lowest BCUT2D eigenvalue weighted by Crippen LogP contribution is -2.29. The van der Waals surface area contributed by atoms with Gasteiger partial charge in [0.2, 0.25) is 0 Å². The zero-order valence-electron chi connectivity index (χ0n) is 17.1. The van der Waals surface area contributed by atoms with Crippen LogP contribution in [0.1, 0.15) is 88.2 Å². The minimum absolute atomic E-state index is 0. The first-order valence-corrected chi connectivity index (χ1v) is 10.7. The largest absolute Gasteiger partial charge is 0.412 e. The third-order valence-electron chi connectivity index (χ3n) is 5.39. The lowest BCUT2D eigenvalue weighted by molar-refractivity contribution is 0.496. The molecule has 2 heteroatoms. The molecule has 2 aromatic rings. The van der Waals surface area contributed by atoms with Gasteiger partial charge < -0.3 is 11.2 Å². The maximum Gasteiger partial charge on any atom is 0.0241 e. The molecule has 0 saturated carbocycles. The van der Waals surface area contributed by atoms with Crippen molar-refractivity contribution in [3.8, 4) is 0 Å². The number of unbranched alkanes of at least 4 members (excludes halogenated alkanes) is 8. The molecule has 0 fully saturated rings. The zero-order chi connectivity index (χ0) is 18.5. The maximum atomic E-state index is 6.68. The number of hydrogen-bond donors (Lipinski definition) is 1. The molecule has 0 bridgehead atoms. The maximum absolute atomic E-state index is 6.68.